The number of rotatable bonds is 5. The molecular weight excluding hydrogens is 426 g/mol. The highest BCUT2D eigenvalue weighted by atomic mass is 16.6. The maximum Gasteiger partial charge on any atom is 0.307 e. The number of fused-ring (bicyclic) bond motifs is 1. The van der Waals surface area contributed by atoms with E-state index in [0.717, 1.165) is 22.4 Å². The first kappa shape index (κ1) is 21.9. The van der Waals surface area contributed by atoms with Crippen molar-refractivity contribution >= 4 is 5.69 Å². The lowest BCUT2D eigenvalue weighted by molar-refractivity contribution is -0.385. The fourth-order valence-corrected chi connectivity index (χ4v) is 3.96. The number of nitrogens with two attached hydrogens (primary N) is 1. The lowest BCUT2D eigenvalue weighted by atomic mass is 9.78. The summed E-state index contributed by atoms with van der Waals surface area (Å²) in [5.41, 5.74) is 9.06. The lowest BCUT2D eigenvalue weighted by Crippen LogP contribution is -2.24. The minimum atomic E-state index is -0.511. The molecule has 3 heterocycles. The average molecular weight is 449 g/mol. The second-order valence-electron chi connectivity index (χ2n) is 8.72. The minimum absolute atomic E-state index is 0.00188. The first-order valence-electron chi connectivity index (χ1n) is 10.1. The molecule has 1 atom stereocenters. The number of nitrogens with one attached hydrogen (secondary N) is 1. The Morgan fingerprint density at radius 3 is 2.79 bits per heavy atom. The summed E-state index contributed by atoms with van der Waals surface area (Å²) in [5.74, 6) is 0.412. The summed E-state index contributed by atoms with van der Waals surface area (Å²) in [5, 5.41) is 32.3. The van der Waals surface area contributed by atoms with Crippen molar-refractivity contribution in [2.75, 3.05) is 7.11 Å². The van der Waals surface area contributed by atoms with Gasteiger partial charge in [-0.15, -0.1) is 5.10 Å². The third kappa shape index (κ3) is 3.87. The highest BCUT2D eigenvalue weighted by Gasteiger charge is 2.38. The minimum Gasteiger partial charge on any atom is -0.496 e. The number of nitrogens with zero attached hydrogens (tertiary/aromatic N) is 5. The summed E-state index contributed by atoms with van der Waals surface area (Å²) in [6.07, 6.45) is 2.55. The number of methoxy groups -OCH3 is 1. The number of allylic oxidation sites excluding steroid dienone is 1. The van der Waals surface area contributed by atoms with Crippen LogP contribution >= 0.6 is 0 Å². The molecule has 0 aliphatic carbocycles. The molecule has 4 rings (SSSR count). The van der Waals surface area contributed by atoms with Crippen molar-refractivity contribution in [2.45, 2.75) is 38.6 Å². The average Bonchev–Trinajstić information content (AvgIpc) is 3.39. The standard InChI is InChI=1S/C22H23N7O4/c1-22(2,3)19-18-17(15(8-23)20(24)33-21(18)27-26-19)12-5-6-16(32-4)13(7-12)10-28-11-14(9-25-28)29(30)31/h5-7,9,11,17H,10,24H2,1-4H3,(H,26,27). The lowest BCUT2D eigenvalue weighted by Gasteiger charge is -2.28. The Morgan fingerprint density at radius 1 is 1.42 bits per heavy atom. The molecule has 11 heteroatoms. The summed E-state index contributed by atoms with van der Waals surface area (Å²) < 4.78 is 12.6. The summed E-state index contributed by atoms with van der Waals surface area (Å²) in [6, 6.07) is 7.72. The molecule has 0 fully saturated rings. The molecule has 0 amide bonds. The van der Waals surface area contributed by atoms with Crippen LogP contribution < -0.4 is 15.2 Å². The van der Waals surface area contributed by atoms with Gasteiger partial charge in [0, 0.05) is 16.7 Å². The number of H-pyrrole nitrogens is 1. The fourth-order valence-electron chi connectivity index (χ4n) is 3.96. The molecule has 3 N–H and O–H groups in total. The maximum absolute atomic E-state index is 11.0. The summed E-state index contributed by atoms with van der Waals surface area (Å²) in [6.45, 7) is 6.35. The van der Waals surface area contributed by atoms with Crippen molar-refractivity contribution in [1.82, 2.24) is 20.0 Å². The summed E-state index contributed by atoms with van der Waals surface area (Å²) in [7, 11) is 1.54. The molecule has 1 aliphatic rings. The van der Waals surface area contributed by atoms with E-state index in [1.165, 1.54) is 17.1 Å². The van der Waals surface area contributed by atoms with Crippen LogP contribution in [-0.2, 0) is 12.0 Å². The molecule has 0 spiro atoms. The topological polar surface area (TPSA) is 158 Å². The third-order valence-corrected chi connectivity index (χ3v) is 5.49. The van der Waals surface area contributed by atoms with Crippen molar-refractivity contribution in [2.24, 2.45) is 5.73 Å². The second-order valence-corrected chi connectivity index (χ2v) is 8.72. The number of nitro groups is 1. The van der Waals surface area contributed by atoms with Gasteiger partial charge in [0.2, 0.25) is 11.8 Å². The van der Waals surface area contributed by atoms with Crippen LogP contribution in [0.5, 0.6) is 11.6 Å². The first-order valence-corrected chi connectivity index (χ1v) is 10.1. The molecule has 3 aromatic rings. The van der Waals surface area contributed by atoms with Gasteiger partial charge < -0.3 is 15.2 Å². The van der Waals surface area contributed by atoms with Crippen LogP contribution in [0.2, 0.25) is 0 Å². The zero-order chi connectivity index (χ0) is 23.9. The predicted octanol–water partition coefficient (Wildman–Crippen LogP) is 3.09. The number of hydrogen-bond donors (Lipinski definition) is 2. The Balaban J connectivity index is 1.84. The highest BCUT2D eigenvalue weighted by molar-refractivity contribution is 5.57. The van der Waals surface area contributed by atoms with Crippen LogP contribution in [-0.4, -0.2) is 32.0 Å². The monoisotopic (exact) mass is 449 g/mol. The van der Waals surface area contributed by atoms with Crippen molar-refractivity contribution < 1.29 is 14.4 Å². The number of hydrogen-bond acceptors (Lipinski definition) is 8. The maximum atomic E-state index is 11.0. The van der Waals surface area contributed by atoms with Gasteiger partial charge in [0.1, 0.15) is 29.8 Å². The molecule has 33 heavy (non-hydrogen) atoms. The van der Waals surface area contributed by atoms with Gasteiger partial charge in [0.15, 0.2) is 0 Å². The Bertz CT molecular complexity index is 1310. The van der Waals surface area contributed by atoms with Crippen molar-refractivity contribution in [1.29, 1.82) is 5.26 Å². The number of aromatic amines is 1. The molecule has 2 aromatic heterocycles. The van der Waals surface area contributed by atoms with Gasteiger partial charge in [0.25, 0.3) is 0 Å². The van der Waals surface area contributed by atoms with Gasteiger partial charge in [-0.25, -0.2) is 0 Å². The number of benzene rings is 1. The van der Waals surface area contributed by atoms with E-state index in [2.05, 4.69) is 21.4 Å². The molecule has 1 unspecified atom stereocenters. The number of nitriles is 1. The molecule has 0 bridgehead atoms. The van der Waals surface area contributed by atoms with Crippen LogP contribution in [0.4, 0.5) is 5.69 Å². The summed E-state index contributed by atoms with van der Waals surface area (Å²) >= 11 is 0. The van der Waals surface area contributed by atoms with Gasteiger partial charge in [-0.1, -0.05) is 26.8 Å². The third-order valence-electron chi connectivity index (χ3n) is 5.49. The molecule has 0 radical (unpaired) electrons. The van der Waals surface area contributed by atoms with Crippen LogP contribution in [0.25, 0.3) is 0 Å². The van der Waals surface area contributed by atoms with Crippen LogP contribution in [0.1, 0.15) is 49.1 Å². The van der Waals surface area contributed by atoms with Crippen molar-refractivity contribution in [3.05, 3.63) is 74.5 Å². The zero-order valence-electron chi connectivity index (χ0n) is 18.6. The molecule has 1 aliphatic heterocycles. The largest absolute Gasteiger partial charge is 0.496 e. The number of ether oxygens (including phenoxy) is 2. The molecule has 170 valence electrons. The fraction of sp³-hybridized carbons (Fsp3) is 0.318. The van der Waals surface area contributed by atoms with E-state index >= 15 is 0 Å². The number of aromatic nitrogens is 4. The first-order chi connectivity index (χ1) is 15.6. The summed E-state index contributed by atoms with van der Waals surface area (Å²) in [4.78, 5) is 10.5. The van der Waals surface area contributed by atoms with Gasteiger partial charge in [-0.2, -0.15) is 10.4 Å². The SMILES string of the molecule is COc1ccc(C2C(C#N)=C(N)Oc3n[nH]c(C(C)(C)C)c32)cc1Cn1cc([N+](=O)[O-])cn1. The highest BCUT2D eigenvalue weighted by Crippen LogP contribution is 2.46. The molecular formula is C22H23N7O4. The van der Waals surface area contributed by atoms with E-state index in [9.17, 15) is 15.4 Å². The van der Waals surface area contributed by atoms with E-state index in [-0.39, 0.29) is 29.1 Å². The van der Waals surface area contributed by atoms with Gasteiger partial charge in [0.05, 0.1) is 30.1 Å². The molecule has 0 saturated carbocycles. The predicted molar refractivity (Wildman–Crippen MR) is 118 cm³/mol. The van der Waals surface area contributed by atoms with Crippen molar-refractivity contribution in [3.8, 4) is 17.7 Å². The van der Waals surface area contributed by atoms with E-state index in [1.807, 2.05) is 32.9 Å². The normalized spacial score (nSPS) is 15.5. The van der Waals surface area contributed by atoms with E-state index < -0.39 is 10.8 Å². The van der Waals surface area contributed by atoms with E-state index in [1.54, 1.807) is 13.2 Å². The zero-order valence-corrected chi connectivity index (χ0v) is 18.6. The Kier molecular flexibility index (Phi) is 5.29. The Morgan fingerprint density at radius 2 is 2.18 bits per heavy atom. The Labute approximate surface area is 189 Å². The van der Waals surface area contributed by atoms with E-state index in [0.29, 0.717) is 11.6 Å². The van der Waals surface area contributed by atoms with Crippen LogP contribution in [0.3, 0.4) is 0 Å². The smallest absolute Gasteiger partial charge is 0.307 e. The molecule has 11 nitrogen and oxygen atoms in total. The van der Waals surface area contributed by atoms with Gasteiger partial charge in [-0.05, 0) is 17.7 Å². The second kappa shape index (κ2) is 7.98. The van der Waals surface area contributed by atoms with Crippen LogP contribution in [0.15, 0.2) is 42.0 Å². The quantitative estimate of drug-likeness (QED) is 0.444. The van der Waals surface area contributed by atoms with Gasteiger partial charge in [-0.3, -0.25) is 19.9 Å². The molecule has 0 saturated heterocycles. The van der Waals surface area contributed by atoms with Gasteiger partial charge >= 0.3 is 5.69 Å². The molecule has 1 aromatic carbocycles. The van der Waals surface area contributed by atoms with Crippen LogP contribution in [0, 0.1) is 21.4 Å². The van der Waals surface area contributed by atoms with Crippen molar-refractivity contribution in [3.63, 3.8) is 0 Å². The van der Waals surface area contributed by atoms with E-state index in [4.69, 9.17) is 15.2 Å². The Hall–Kier alpha value is -4.33.